The van der Waals surface area contributed by atoms with E-state index in [9.17, 15) is 4.79 Å². The van der Waals surface area contributed by atoms with Gasteiger partial charge >= 0.3 is 5.97 Å². The van der Waals surface area contributed by atoms with Gasteiger partial charge in [-0.1, -0.05) is 60.4 Å². The number of hydrogen-bond acceptors (Lipinski definition) is 3. The topological polar surface area (TPSA) is 52.3 Å². The summed E-state index contributed by atoms with van der Waals surface area (Å²) >= 11 is 9.46. The number of ether oxygens (including phenoxy) is 1. The summed E-state index contributed by atoms with van der Waals surface area (Å²) in [4.78, 5) is 11.0. The Hall–Kier alpha value is 0.190. The highest BCUT2D eigenvalue weighted by molar-refractivity contribution is 9.39. The highest BCUT2D eigenvalue weighted by Crippen LogP contribution is 2.38. The van der Waals surface area contributed by atoms with Gasteiger partial charge in [-0.05, 0) is 0 Å². The highest BCUT2D eigenvalue weighted by atomic mass is 80.0. The lowest BCUT2D eigenvalue weighted by Gasteiger charge is -2.11. The van der Waals surface area contributed by atoms with Crippen LogP contribution in [0.15, 0.2) is 24.4 Å². The van der Waals surface area contributed by atoms with Crippen molar-refractivity contribution in [2.45, 2.75) is 2.14 Å². The zero-order valence-corrected chi connectivity index (χ0v) is 11.4. The van der Waals surface area contributed by atoms with Crippen molar-refractivity contribution in [3.05, 3.63) is 24.4 Å². The van der Waals surface area contributed by atoms with Crippen LogP contribution in [-0.2, 0) is 9.53 Å². The molecule has 0 rings (SSSR count). The summed E-state index contributed by atoms with van der Waals surface area (Å²) in [7, 11) is 0. The van der Waals surface area contributed by atoms with E-state index >= 15 is 0 Å². The molecule has 3 nitrogen and oxygen atoms in total. The molecule has 74 valence electrons. The van der Waals surface area contributed by atoms with Crippen molar-refractivity contribution in [3.63, 3.8) is 0 Å². The Kier molecular flexibility index (Phi) is 5.91. The largest absolute Gasteiger partial charge is 0.458 e. The minimum absolute atomic E-state index is 0.169. The molecule has 0 fully saturated rings. The molecular formula is C7H8Br3NO2. The van der Waals surface area contributed by atoms with E-state index in [0.29, 0.717) is 0 Å². The van der Waals surface area contributed by atoms with Gasteiger partial charge in [0.25, 0.3) is 0 Å². The first-order chi connectivity index (χ1) is 5.88. The quantitative estimate of drug-likeness (QED) is 0.355. The van der Waals surface area contributed by atoms with Crippen LogP contribution in [-0.4, -0.2) is 14.7 Å². The molecular weight excluding hydrogens is 370 g/mol. The Morgan fingerprint density at radius 2 is 2.08 bits per heavy atom. The fourth-order valence-electron chi connectivity index (χ4n) is 0.392. The van der Waals surface area contributed by atoms with Crippen molar-refractivity contribution in [2.75, 3.05) is 6.61 Å². The third-order valence-electron chi connectivity index (χ3n) is 0.944. The van der Waals surface area contributed by atoms with Crippen molar-refractivity contribution in [1.82, 2.24) is 0 Å². The maximum Gasteiger partial charge on any atom is 0.332 e. The number of carbonyl (C=O) groups excluding carboxylic acids is 1. The maximum atomic E-state index is 11.0. The predicted octanol–water partition coefficient (Wildman–Crippen LogP) is 2.40. The summed E-state index contributed by atoms with van der Waals surface area (Å²) in [6.07, 6.45) is 2.65. The number of carbonyl (C=O) groups is 1. The molecule has 0 aliphatic rings. The molecule has 0 aromatic rings. The molecule has 0 aromatic carbocycles. The molecule has 0 amide bonds. The minimum Gasteiger partial charge on any atom is -0.458 e. The molecule has 0 radical (unpaired) electrons. The maximum absolute atomic E-state index is 11.0. The first kappa shape index (κ1) is 13.2. The van der Waals surface area contributed by atoms with Gasteiger partial charge in [0, 0.05) is 6.08 Å². The Morgan fingerprint density at radius 1 is 1.54 bits per heavy atom. The lowest BCUT2D eigenvalue weighted by atomic mass is 10.4. The van der Waals surface area contributed by atoms with E-state index < -0.39 is 8.11 Å². The SMILES string of the molecule is C=CCOC(=O)/C=C(\N)C(Br)(Br)Br. The van der Waals surface area contributed by atoms with E-state index in [4.69, 9.17) is 5.73 Å². The summed E-state index contributed by atoms with van der Waals surface area (Å²) in [5, 5.41) is 0. The molecule has 0 heterocycles. The highest BCUT2D eigenvalue weighted by Gasteiger charge is 2.22. The smallest absolute Gasteiger partial charge is 0.332 e. The van der Waals surface area contributed by atoms with Gasteiger partial charge in [0.15, 0.2) is 2.14 Å². The number of allylic oxidation sites excluding steroid dienone is 1. The number of hydrogen-bond donors (Lipinski definition) is 1. The van der Waals surface area contributed by atoms with E-state index in [-0.39, 0.29) is 12.3 Å². The van der Waals surface area contributed by atoms with E-state index in [2.05, 4.69) is 59.1 Å². The Bertz CT molecular complexity index is 232. The van der Waals surface area contributed by atoms with Crippen LogP contribution in [0.2, 0.25) is 0 Å². The summed E-state index contributed by atoms with van der Waals surface area (Å²) in [6, 6.07) is 0. The summed E-state index contributed by atoms with van der Waals surface area (Å²) in [5.41, 5.74) is 5.78. The average Bonchev–Trinajstić information content (AvgIpc) is 1.99. The molecule has 0 saturated heterocycles. The van der Waals surface area contributed by atoms with Crippen LogP contribution >= 0.6 is 47.8 Å². The van der Waals surface area contributed by atoms with Gasteiger partial charge in [-0.25, -0.2) is 4.79 Å². The first-order valence-corrected chi connectivity index (χ1v) is 5.58. The molecule has 0 atom stereocenters. The molecule has 0 aliphatic heterocycles. The van der Waals surface area contributed by atoms with Crippen LogP contribution in [0.5, 0.6) is 0 Å². The monoisotopic (exact) mass is 375 g/mol. The van der Waals surface area contributed by atoms with E-state index in [1.54, 1.807) is 0 Å². The number of esters is 1. The van der Waals surface area contributed by atoms with Gasteiger partial charge in [-0.3, -0.25) is 0 Å². The average molecular weight is 378 g/mol. The zero-order chi connectivity index (χ0) is 10.5. The Balaban J connectivity index is 4.22. The van der Waals surface area contributed by atoms with E-state index in [0.717, 1.165) is 0 Å². The van der Waals surface area contributed by atoms with Gasteiger partial charge in [-0.2, -0.15) is 0 Å². The van der Waals surface area contributed by atoms with Crippen molar-refractivity contribution in [3.8, 4) is 0 Å². The van der Waals surface area contributed by atoms with Crippen LogP contribution < -0.4 is 5.73 Å². The van der Waals surface area contributed by atoms with E-state index in [1.807, 2.05) is 0 Å². The lowest BCUT2D eigenvalue weighted by Crippen LogP contribution is -2.16. The second-order valence-electron chi connectivity index (χ2n) is 2.02. The molecule has 0 aromatic heterocycles. The van der Waals surface area contributed by atoms with Crippen LogP contribution in [0, 0.1) is 0 Å². The van der Waals surface area contributed by atoms with Gasteiger partial charge in [0.1, 0.15) is 6.61 Å². The summed E-state index contributed by atoms with van der Waals surface area (Å²) in [6.45, 7) is 3.57. The number of halogens is 3. The molecule has 13 heavy (non-hydrogen) atoms. The molecule has 0 saturated carbocycles. The number of alkyl halides is 3. The van der Waals surface area contributed by atoms with Crippen molar-refractivity contribution in [1.29, 1.82) is 0 Å². The van der Waals surface area contributed by atoms with Crippen LogP contribution in [0.4, 0.5) is 0 Å². The standard InChI is InChI=1S/C7H8Br3NO2/c1-2-3-13-6(12)4-5(11)7(8,9)10/h2,4H,1,3,11H2/b5-4-. The summed E-state index contributed by atoms with van der Waals surface area (Å²) < 4.78 is 3.92. The zero-order valence-electron chi connectivity index (χ0n) is 6.60. The van der Waals surface area contributed by atoms with Crippen LogP contribution in [0.1, 0.15) is 0 Å². The molecule has 0 bridgehead atoms. The van der Waals surface area contributed by atoms with Crippen LogP contribution in [0.25, 0.3) is 0 Å². The third-order valence-corrected chi connectivity index (χ3v) is 2.32. The fourth-order valence-corrected chi connectivity index (χ4v) is 0.735. The Morgan fingerprint density at radius 3 is 2.46 bits per heavy atom. The molecule has 6 heteroatoms. The van der Waals surface area contributed by atoms with Gasteiger partial charge in [0.05, 0.1) is 5.70 Å². The fraction of sp³-hybridized carbons (Fsp3) is 0.286. The second-order valence-corrected chi connectivity index (χ2v) is 8.78. The number of nitrogens with two attached hydrogens (primary N) is 1. The molecule has 2 N–H and O–H groups in total. The van der Waals surface area contributed by atoms with Crippen LogP contribution in [0.3, 0.4) is 0 Å². The minimum atomic E-state index is -0.764. The normalized spacial score (nSPS) is 12.4. The van der Waals surface area contributed by atoms with Gasteiger partial charge in [0.2, 0.25) is 0 Å². The summed E-state index contributed by atoms with van der Waals surface area (Å²) in [5.74, 6) is -0.514. The molecule has 0 aliphatic carbocycles. The van der Waals surface area contributed by atoms with E-state index in [1.165, 1.54) is 12.2 Å². The molecule has 0 spiro atoms. The third kappa shape index (κ3) is 6.29. The molecule has 0 unspecified atom stereocenters. The van der Waals surface area contributed by atoms with Crippen molar-refractivity contribution < 1.29 is 9.53 Å². The Labute approximate surface area is 102 Å². The first-order valence-electron chi connectivity index (χ1n) is 3.20. The second kappa shape index (κ2) is 5.82. The van der Waals surface area contributed by atoms with Crippen molar-refractivity contribution in [2.24, 2.45) is 5.73 Å². The lowest BCUT2D eigenvalue weighted by molar-refractivity contribution is -0.136. The van der Waals surface area contributed by atoms with Crippen molar-refractivity contribution >= 4 is 53.8 Å². The van der Waals surface area contributed by atoms with Gasteiger partial charge in [-0.15, -0.1) is 0 Å². The number of rotatable bonds is 3. The van der Waals surface area contributed by atoms with Gasteiger partial charge < -0.3 is 10.5 Å². The predicted molar refractivity (Wildman–Crippen MR) is 62.9 cm³/mol.